The van der Waals surface area contributed by atoms with Crippen molar-refractivity contribution in [1.82, 2.24) is 9.80 Å². The quantitative estimate of drug-likeness (QED) is 0.658. The van der Waals surface area contributed by atoms with E-state index in [1.807, 2.05) is 0 Å². The molecule has 0 aromatic carbocycles. The molecule has 0 aromatic heterocycles. The molecule has 0 N–H and O–H groups in total. The van der Waals surface area contributed by atoms with Gasteiger partial charge in [-0.25, -0.2) is 0 Å². The van der Waals surface area contributed by atoms with Gasteiger partial charge < -0.3 is 4.90 Å². The van der Waals surface area contributed by atoms with Crippen molar-refractivity contribution >= 4 is 0 Å². The van der Waals surface area contributed by atoms with Gasteiger partial charge in [0.1, 0.15) is 0 Å². The molecule has 0 radical (unpaired) electrons. The molecule has 2 nitrogen and oxygen atoms in total. The van der Waals surface area contributed by atoms with Crippen LogP contribution in [0.1, 0.15) is 13.3 Å². The van der Waals surface area contributed by atoms with Gasteiger partial charge in [0.25, 0.3) is 0 Å². The summed E-state index contributed by atoms with van der Waals surface area (Å²) < 4.78 is 0. The molecule has 0 saturated heterocycles. The molecule has 0 amide bonds. The average Bonchev–Trinajstić information content (AvgIpc) is 2.65. The number of hydrogen-bond acceptors (Lipinski definition) is 2. The standard InChI is InChI=1S/C12H22N2/c1-11(12-7-5-6-8-12)14(4)10-9-13(2)3/h5,7-8,11H,6,9-10H2,1-4H3. The Kier molecular flexibility index (Phi) is 4.36. The van der Waals surface area contributed by atoms with E-state index in [2.05, 4.69) is 56.1 Å². The van der Waals surface area contributed by atoms with Gasteiger partial charge in [0.15, 0.2) is 0 Å². The highest BCUT2D eigenvalue weighted by Gasteiger charge is 2.13. The molecule has 1 atom stereocenters. The van der Waals surface area contributed by atoms with Crippen molar-refractivity contribution in [3.8, 4) is 0 Å². The van der Waals surface area contributed by atoms with Crippen molar-refractivity contribution in [1.29, 1.82) is 0 Å². The van der Waals surface area contributed by atoms with Crippen LogP contribution in [0, 0.1) is 0 Å². The lowest BCUT2D eigenvalue weighted by Crippen LogP contribution is -2.35. The lowest BCUT2D eigenvalue weighted by atomic mass is 10.1. The summed E-state index contributed by atoms with van der Waals surface area (Å²) in [5, 5.41) is 0. The SMILES string of the molecule is CC(C1=CCC=C1)N(C)CCN(C)C. The summed E-state index contributed by atoms with van der Waals surface area (Å²) in [5.41, 5.74) is 1.46. The first kappa shape index (κ1) is 11.5. The van der Waals surface area contributed by atoms with Crippen LogP contribution in [0.2, 0.25) is 0 Å². The Morgan fingerprint density at radius 3 is 2.50 bits per heavy atom. The van der Waals surface area contributed by atoms with E-state index in [0.717, 1.165) is 19.5 Å². The molecule has 1 unspecified atom stereocenters. The van der Waals surface area contributed by atoms with Crippen LogP contribution in [-0.2, 0) is 0 Å². The van der Waals surface area contributed by atoms with Gasteiger partial charge in [0.05, 0.1) is 0 Å². The number of allylic oxidation sites excluding steroid dienone is 2. The lowest BCUT2D eigenvalue weighted by Gasteiger charge is -2.26. The maximum absolute atomic E-state index is 2.40. The first-order valence-electron chi connectivity index (χ1n) is 5.33. The number of nitrogens with zero attached hydrogens (tertiary/aromatic N) is 2. The minimum Gasteiger partial charge on any atom is -0.308 e. The normalized spacial score (nSPS) is 18.0. The molecule has 0 heterocycles. The van der Waals surface area contributed by atoms with Crippen molar-refractivity contribution < 1.29 is 0 Å². The molecule has 0 fully saturated rings. The highest BCUT2D eigenvalue weighted by atomic mass is 15.2. The predicted molar refractivity (Wildman–Crippen MR) is 62.5 cm³/mol. The van der Waals surface area contributed by atoms with E-state index in [0.29, 0.717) is 6.04 Å². The minimum atomic E-state index is 0.550. The highest BCUT2D eigenvalue weighted by Crippen LogP contribution is 2.16. The zero-order valence-corrected chi connectivity index (χ0v) is 9.83. The van der Waals surface area contributed by atoms with Crippen molar-refractivity contribution in [3.63, 3.8) is 0 Å². The Morgan fingerprint density at radius 2 is 2.00 bits per heavy atom. The molecule has 0 saturated carbocycles. The van der Waals surface area contributed by atoms with Gasteiger partial charge in [-0.3, -0.25) is 4.90 Å². The number of hydrogen-bond donors (Lipinski definition) is 0. The van der Waals surface area contributed by atoms with Gasteiger partial charge in [-0.2, -0.15) is 0 Å². The van der Waals surface area contributed by atoms with Crippen LogP contribution in [0.25, 0.3) is 0 Å². The van der Waals surface area contributed by atoms with Crippen LogP contribution in [0.15, 0.2) is 23.8 Å². The molecular formula is C12H22N2. The van der Waals surface area contributed by atoms with E-state index < -0.39 is 0 Å². The fourth-order valence-corrected chi connectivity index (χ4v) is 1.59. The van der Waals surface area contributed by atoms with Gasteiger partial charge in [0.2, 0.25) is 0 Å². The molecule has 1 aliphatic carbocycles. The van der Waals surface area contributed by atoms with Crippen LogP contribution in [0.5, 0.6) is 0 Å². The van der Waals surface area contributed by atoms with Crippen molar-refractivity contribution in [2.24, 2.45) is 0 Å². The average molecular weight is 194 g/mol. The highest BCUT2D eigenvalue weighted by molar-refractivity contribution is 5.30. The van der Waals surface area contributed by atoms with E-state index in [1.54, 1.807) is 0 Å². The first-order chi connectivity index (χ1) is 6.61. The summed E-state index contributed by atoms with van der Waals surface area (Å²) in [6.45, 7) is 4.52. The van der Waals surface area contributed by atoms with E-state index >= 15 is 0 Å². The Balaban J connectivity index is 2.36. The zero-order chi connectivity index (χ0) is 10.6. The van der Waals surface area contributed by atoms with Gasteiger partial charge in [-0.05, 0) is 40.1 Å². The third kappa shape index (κ3) is 3.28. The minimum absolute atomic E-state index is 0.550. The Bertz CT molecular complexity index is 228. The first-order valence-corrected chi connectivity index (χ1v) is 5.33. The van der Waals surface area contributed by atoms with Gasteiger partial charge in [-0.1, -0.05) is 18.2 Å². The van der Waals surface area contributed by atoms with Crippen LogP contribution >= 0.6 is 0 Å². The fourth-order valence-electron chi connectivity index (χ4n) is 1.59. The zero-order valence-electron chi connectivity index (χ0n) is 9.83. The largest absolute Gasteiger partial charge is 0.308 e. The van der Waals surface area contributed by atoms with E-state index in [9.17, 15) is 0 Å². The maximum Gasteiger partial charge on any atom is 0.0314 e. The maximum atomic E-state index is 2.40. The van der Waals surface area contributed by atoms with Gasteiger partial charge >= 0.3 is 0 Å². The third-order valence-corrected chi connectivity index (χ3v) is 2.84. The molecule has 1 rings (SSSR count). The number of rotatable bonds is 5. The Morgan fingerprint density at radius 1 is 1.29 bits per heavy atom. The van der Waals surface area contributed by atoms with Crippen molar-refractivity contribution in [3.05, 3.63) is 23.8 Å². The smallest absolute Gasteiger partial charge is 0.0314 e. The Labute approximate surface area is 87.9 Å². The molecule has 1 aliphatic rings. The predicted octanol–water partition coefficient (Wildman–Crippen LogP) is 1.75. The molecule has 0 aromatic rings. The molecule has 0 aliphatic heterocycles. The van der Waals surface area contributed by atoms with Crippen LogP contribution < -0.4 is 0 Å². The third-order valence-electron chi connectivity index (χ3n) is 2.84. The van der Waals surface area contributed by atoms with Crippen molar-refractivity contribution in [2.75, 3.05) is 34.2 Å². The molecule has 0 bridgehead atoms. The lowest BCUT2D eigenvalue weighted by molar-refractivity contribution is 0.252. The summed E-state index contributed by atoms with van der Waals surface area (Å²) >= 11 is 0. The van der Waals surface area contributed by atoms with E-state index in [1.165, 1.54) is 5.57 Å². The second kappa shape index (κ2) is 5.32. The molecule has 2 heteroatoms. The molecule has 80 valence electrons. The molecule has 14 heavy (non-hydrogen) atoms. The van der Waals surface area contributed by atoms with Gasteiger partial charge in [-0.15, -0.1) is 0 Å². The van der Waals surface area contributed by atoms with Gasteiger partial charge in [0, 0.05) is 19.1 Å². The molecular weight excluding hydrogens is 172 g/mol. The Hall–Kier alpha value is -0.600. The fraction of sp³-hybridized carbons (Fsp3) is 0.667. The van der Waals surface area contributed by atoms with Crippen LogP contribution in [0.3, 0.4) is 0 Å². The summed E-state index contributed by atoms with van der Waals surface area (Å²) in [6, 6.07) is 0.550. The van der Waals surface area contributed by atoms with Crippen molar-refractivity contribution in [2.45, 2.75) is 19.4 Å². The summed E-state index contributed by atoms with van der Waals surface area (Å²) in [6.07, 6.45) is 7.90. The second-order valence-corrected chi connectivity index (χ2v) is 4.30. The van der Waals surface area contributed by atoms with E-state index in [4.69, 9.17) is 0 Å². The van der Waals surface area contributed by atoms with Crippen LogP contribution in [0.4, 0.5) is 0 Å². The van der Waals surface area contributed by atoms with Crippen LogP contribution in [-0.4, -0.2) is 50.1 Å². The summed E-state index contributed by atoms with van der Waals surface area (Å²) in [4.78, 5) is 4.63. The second-order valence-electron chi connectivity index (χ2n) is 4.30. The topological polar surface area (TPSA) is 6.48 Å². The van der Waals surface area contributed by atoms with E-state index in [-0.39, 0.29) is 0 Å². The summed E-state index contributed by atoms with van der Waals surface area (Å²) in [7, 11) is 6.43. The number of likely N-dealkylation sites (N-methyl/N-ethyl adjacent to an activating group) is 2. The molecule has 0 spiro atoms. The monoisotopic (exact) mass is 194 g/mol. The summed E-state index contributed by atoms with van der Waals surface area (Å²) in [5.74, 6) is 0.